The summed E-state index contributed by atoms with van der Waals surface area (Å²) in [7, 11) is 0. The van der Waals surface area contributed by atoms with Crippen molar-refractivity contribution in [1.29, 1.82) is 0 Å². The van der Waals surface area contributed by atoms with Gasteiger partial charge in [0.05, 0.1) is 5.54 Å². The third-order valence-corrected chi connectivity index (χ3v) is 4.11. The predicted octanol–water partition coefficient (Wildman–Crippen LogP) is 3.76. The second kappa shape index (κ2) is 5.01. The number of anilines is 1. The van der Waals surface area contributed by atoms with Crippen LogP contribution in [0, 0.1) is 0 Å². The van der Waals surface area contributed by atoms with Crippen molar-refractivity contribution in [3.8, 4) is 0 Å². The molecule has 2 aliphatic rings. The van der Waals surface area contributed by atoms with E-state index in [1.807, 2.05) is 0 Å². The van der Waals surface area contributed by atoms with Crippen LogP contribution in [-0.4, -0.2) is 30.1 Å². The maximum Gasteiger partial charge on any atom is 0.0506 e. The van der Waals surface area contributed by atoms with Crippen LogP contribution in [0.15, 0.2) is 30.3 Å². The lowest BCUT2D eigenvalue weighted by Crippen LogP contribution is -2.36. The lowest BCUT2D eigenvalue weighted by molar-refractivity contribution is 0.254. The molecule has 1 aromatic carbocycles. The molecule has 2 heteroatoms. The van der Waals surface area contributed by atoms with Crippen LogP contribution in [0.25, 0.3) is 5.57 Å². The molecule has 1 N–H and O–H groups in total. The van der Waals surface area contributed by atoms with Crippen LogP contribution < -0.4 is 5.32 Å². The van der Waals surface area contributed by atoms with Gasteiger partial charge in [0.2, 0.25) is 0 Å². The summed E-state index contributed by atoms with van der Waals surface area (Å²) >= 11 is 0. The van der Waals surface area contributed by atoms with E-state index in [1.165, 1.54) is 49.2 Å². The summed E-state index contributed by atoms with van der Waals surface area (Å²) in [6, 6.07) is 8.70. The number of para-hydroxylation sites is 1. The number of hydrogen-bond donors (Lipinski definition) is 1. The Labute approximate surface area is 116 Å². The van der Waals surface area contributed by atoms with Crippen LogP contribution in [0.3, 0.4) is 0 Å². The maximum atomic E-state index is 3.61. The molecule has 0 bridgehead atoms. The fourth-order valence-corrected chi connectivity index (χ4v) is 3.26. The van der Waals surface area contributed by atoms with E-state index in [0.717, 1.165) is 6.54 Å². The molecule has 1 saturated heterocycles. The van der Waals surface area contributed by atoms with Crippen molar-refractivity contribution in [2.45, 2.75) is 38.6 Å². The Bertz CT molecular complexity index is 482. The van der Waals surface area contributed by atoms with Crippen molar-refractivity contribution >= 4 is 11.3 Å². The molecule has 2 aliphatic heterocycles. The standard InChI is InChI=1S/C17H24N2/c1-17(2)12-14(13-19-10-6-3-7-11-19)15-8-4-5-9-16(15)18-17/h4-5,8-9,12,18H,3,6-7,10-11,13H2,1-2H3. The summed E-state index contributed by atoms with van der Waals surface area (Å²) in [5, 5.41) is 3.61. The molecule has 0 amide bonds. The highest BCUT2D eigenvalue weighted by molar-refractivity contribution is 5.81. The highest BCUT2D eigenvalue weighted by Crippen LogP contribution is 2.34. The summed E-state index contributed by atoms with van der Waals surface area (Å²) in [6.07, 6.45) is 6.52. The Kier molecular flexibility index (Phi) is 3.36. The Hall–Kier alpha value is -1.28. The van der Waals surface area contributed by atoms with E-state index >= 15 is 0 Å². The van der Waals surface area contributed by atoms with E-state index in [2.05, 4.69) is 54.4 Å². The maximum absolute atomic E-state index is 3.61. The quantitative estimate of drug-likeness (QED) is 0.866. The van der Waals surface area contributed by atoms with Gasteiger partial charge >= 0.3 is 0 Å². The van der Waals surface area contributed by atoms with Gasteiger partial charge in [0.25, 0.3) is 0 Å². The van der Waals surface area contributed by atoms with Gasteiger partial charge in [-0.3, -0.25) is 4.90 Å². The van der Waals surface area contributed by atoms with Gasteiger partial charge in [-0.2, -0.15) is 0 Å². The number of fused-ring (bicyclic) bond motifs is 1. The monoisotopic (exact) mass is 256 g/mol. The van der Waals surface area contributed by atoms with Crippen LogP contribution in [0.1, 0.15) is 38.7 Å². The first kappa shape index (κ1) is 12.7. The van der Waals surface area contributed by atoms with Gasteiger partial charge in [0.15, 0.2) is 0 Å². The Morgan fingerprint density at radius 1 is 1.11 bits per heavy atom. The van der Waals surface area contributed by atoms with Gasteiger partial charge in [-0.05, 0) is 51.4 Å². The van der Waals surface area contributed by atoms with Gasteiger partial charge < -0.3 is 5.32 Å². The molecule has 102 valence electrons. The second-order valence-corrected chi connectivity index (χ2v) is 6.40. The highest BCUT2D eigenvalue weighted by atomic mass is 15.1. The number of nitrogens with one attached hydrogen (secondary N) is 1. The van der Waals surface area contributed by atoms with E-state index in [-0.39, 0.29) is 5.54 Å². The van der Waals surface area contributed by atoms with Gasteiger partial charge in [-0.25, -0.2) is 0 Å². The second-order valence-electron chi connectivity index (χ2n) is 6.40. The van der Waals surface area contributed by atoms with Crippen LogP contribution >= 0.6 is 0 Å². The zero-order valence-electron chi connectivity index (χ0n) is 12.1. The highest BCUT2D eigenvalue weighted by Gasteiger charge is 2.25. The number of hydrogen-bond acceptors (Lipinski definition) is 2. The van der Waals surface area contributed by atoms with Gasteiger partial charge in [0, 0.05) is 17.8 Å². The molecule has 0 unspecified atom stereocenters. The van der Waals surface area contributed by atoms with Crippen LogP contribution in [-0.2, 0) is 0 Å². The first-order chi connectivity index (χ1) is 9.14. The topological polar surface area (TPSA) is 15.3 Å². The summed E-state index contributed by atoms with van der Waals surface area (Å²) in [4.78, 5) is 2.60. The number of benzene rings is 1. The lowest BCUT2D eigenvalue weighted by Gasteiger charge is -2.35. The molecule has 3 rings (SSSR count). The fraction of sp³-hybridized carbons (Fsp3) is 0.529. The minimum Gasteiger partial charge on any atom is -0.376 e. The van der Waals surface area contributed by atoms with Crippen molar-refractivity contribution in [1.82, 2.24) is 4.90 Å². The SMILES string of the molecule is CC1(C)C=C(CN2CCCCC2)c2ccccc2N1. The van der Waals surface area contributed by atoms with E-state index in [9.17, 15) is 0 Å². The third-order valence-electron chi connectivity index (χ3n) is 4.11. The molecule has 19 heavy (non-hydrogen) atoms. The predicted molar refractivity (Wildman–Crippen MR) is 82.4 cm³/mol. The Morgan fingerprint density at radius 3 is 2.63 bits per heavy atom. The molecule has 0 spiro atoms. The first-order valence-corrected chi connectivity index (χ1v) is 7.46. The molecule has 0 radical (unpaired) electrons. The van der Waals surface area contributed by atoms with Gasteiger partial charge in [-0.1, -0.05) is 30.7 Å². The molecule has 2 nitrogen and oxygen atoms in total. The molecule has 1 aromatic rings. The minimum atomic E-state index is 0.0550. The molecule has 0 aromatic heterocycles. The number of nitrogens with zero attached hydrogens (tertiary/aromatic N) is 1. The average molecular weight is 256 g/mol. The van der Waals surface area contributed by atoms with Gasteiger partial charge in [0.1, 0.15) is 0 Å². The summed E-state index contributed by atoms with van der Waals surface area (Å²) in [5.74, 6) is 0. The average Bonchev–Trinajstić information content (AvgIpc) is 2.38. The van der Waals surface area contributed by atoms with Crippen molar-refractivity contribution < 1.29 is 0 Å². The van der Waals surface area contributed by atoms with Crippen LogP contribution in [0.2, 0.25) is 0 Å². The largest absolute Gasteiger partial charge is 0.376 e. The molecule has 1 fully saturated rings. The van der Waals surface area contributed by atoms with E-state index in [4.69, 9.17) is 0 Å². The molecular weight excluding hydrogens is 232 g/mol. The zero-order valence-corrected chi connectivity index (χ0v) is 12.1. The third kappa shape index (κ3) is 2.84. The van der Waals surface area contributed by atoms with Crippen molar-refractivity contribution in [3.63, 3.8) is 0 Å². The molecular formula is C17H24N2. The number of likely N-dealkylation sites (tertiary alicyclic amines) is 1. The fourth-order valence-electron chi connectivity index (χ4n) is 3.26. The van der Waals surface area contributed by atoms with E-state index in [0.29, 0.717) is 0 Å². The number of piperidine rings is 1. The van der Waals surface area contributed by atoms with E-state index < -0.39 is 0 Å². The number of rotatable bonds is 2. The summed E-state index contributed by atoms with van der Waals surface area (Å²) in [6.45, 7) is 8.11. The zero-order chi connectivity index (χ0) is 13.3. The first-order valence-electron chi connectivity index (χ1n) is 7.46. The molecule has 2 heterocycles. The molecule has 0 atom stereocenters. The normalized spacial score (nSPS) is 22.3. The summed E-state index contributed by atoms with van der Waals surface area (Å²) < 4.78 is 0. The Balaban J connectivity index is 1.86. The van der Waals surface area contributed by atoms with E-state index in [1.54, 1.807) is 0 Å². The lowest BCUT2D eigenvalue weighted by atomic mass is 9.90. The van der Waals surface area contributed by atoms with Crippen molar-refractivity contribution in [2.75, 3.05) is 25.0 Å². The van der Waals surface area contributed by atoms with Crippen LogP contribution in [0.4, 0.5) is 5.69 Å². The van der Waals surface area contributed by atoms with Crippen molar-refractivity contribution in [2.24, 2.45) is 0 Å². The van der Waals surface area contributed by atoms with Gasteiger partial charge in [-0.15, -0.1) is 0 Å². The summed E-state index contributed by atoms with van der Waals surface area (Å²) in [5.41, 5.74) is 4.20. The smallest absolute Gasteiger partial charge is 0.0506 e. The van der Waals surface area contributed by atoms with Crippen LogP contribution in [0.5, 0.6) is 0 Å². The van der Waals surface area contributed by atoms with Crippen molar-refractivity contribution in [3.05, 3.63) is 35.9 Å². The minimum absolute atomic E-state index is 0.0550. The molecule has 0 saturated carbocycles. The molecule has 0 aliphatic carbocycles. The Morgan fingerprint density at radius 2 is 1.84 bits per heavy atom.